The van der Waals surface area contributed by atoms with Crippen molar-refractivity contribution in [1.29, 1.82) is 0 Å². The van der Waals surface area contributed by atoms with Gasteiger partial charge in [0.25, 0.3) is 0 Å². The van der Waals surface area contributed by atoms with Crippen LogP contribution in [-0.4, -0.2) is 38.0 Å². The molecule has 0 bridgehead atoms. The number of fused-ring (bicyclic) bond motifs is 1. The van der Waals surface area contributed by atoms with E-state index in [9.17, 15) is 9.59 Å². The maximum Gasteiger partial charge on any atom is 0.229 e. The average Bonchev–Trinajstić information content (AvgIpc) is 3.35. The van der Waals surface area contributed by atoms with E-state index < -0.39 is 0 Å². The van der Waals surface area contributed by atoms with Gasteiger partial charge in [0.05, 0.1) is 36.8 Å². The molecule has 1 N–H and O–H groups in total. The molecule has 27 heavy (non-hydrogen) atoms. The van der Waals surface area contributed by atoms with E-state index in [1.165, 1.54) is 0 Å². The number of nitrogens with zero attached hydrogens (tertiary/aromatic N) is 4. The van der Waals surface area contributed by atoms with Crippen LogP contribution in [0.3, 0.4) is 0 Å². The molecule has 140 valence electrons. The van der Waals surface area contributed by atoms with E-state index in [1.807, 2.05) is 30.7 Å². The molecule has 0 aromatic carbocycles. The molecule has 8 nitrogen and oxygen atoms in total. The van der Waals surface area contributed by atoms with E-state index in [4.69, 9.17) is 4.42 Å². The number of amides is 2. The van der Waals surface area contributed by atoms with Crippen molar-refractivity contribution < 1.29 is 14.0 Å². The SMILES string of the molecule is CC(C)n1ncc2cc(NC(=O)[C@@H]3CC(=O)N(Cc4ccco4)C3)cnc21. The smallest absolute Gasteiger partial charge is 0.229 e. The predicted molar refractivity (Wildman–Crippen MR) is 98.8 cm³/mol. The van der Waals surface area contributed by atoms with Crippen LogP contribution in [0.4, 0.5) is 5.69 Å². The highest BCUT2D eigenvalue weighted by atomic mass is 16.3. The molecular formula is C19H21N5O3. The Balaban J connectivity index is 1.43. The van der Waals surface area contributed by atoms with Gasteiger partial charge in [-0.15, -0.1) is 0 Å². The fourth-order valence-electron chi connectivity index (χ4n) is 3.32. The van der Waals surface area contributed by atoms with Crippen molar-refractivity contribution in [2.24, 2.45) is 5.92 Å². The largest absolute Gasteiger partial charge is 0.467 e. The molecule has 1 atom stereocenters. The lowest BCUT2D eigenvalue weighted by molar-refractivity contribution is -0.128. The molecule has 4 rings (SSSR count). The molecule has 0 radical (unpaired) electrons. The molecule has 0 aliphatic carbocycles. The number of aromatic nitrogens is 3. The molecule has 1 aliphatic heterocycles. The van der Waals surface area contributed by atoms with Gasteiger partial charge in [-0.05, 0) is 32.0 Å². The van der Waals surface area contributed by atoms with Gasteiger partial charge in [0.15, 0.2) is 5.65 Å². The first-order valence-electron chi connectivity index (χ1n) is 8.95. The summed E-state index contributed by atoms with van der Waals surface area (Å²) in [6.45, 7) is 4.84. The summed E-state index contributed by atoms with van der Waals surface area (Å²) in [7, 11) is 0. The van der Waals surface area contributed by atoms with Crippen molar-refractivity contribution in [1.82, 2.24) is 19.7 Å². The van der Waals surface area contributed by atoms with Crippen LogP contribution in [0.5, 0.6) is 0 Å². The number of nitrogens with one attached hydrogen (secondary N) is 1. The van der Waals surface area contributed by atoms with Crippen molar-refractivity contribution in [2.45, 2.75) is 32.9 Å². The van der Waals surface area contributed by atoms with Crippen LogP contribution in [0.1, 0.15) is 32.1 Å². The number of furan rings is 1. The summed E-state index contributed by atoms with van der Waals surface area (Å²) >= 11 is 0. The molecule has 2 amide bonds. The van der Waals surface area contributed by atoms with Gasteiger partial charge in [-0.1, -0.05) is 0 Å². The Morgan fingerprint density at radius 1 is 1.41 bits per heavy atom. The maximum absolute atomic E-state index is 12.6. The van der Waals surface area contributed by atoms with Crippen LogP contribution in [-0.2, 0) is 16.1 Å². The topological polar surface area (TPSA) is 93.3 Å². The molecule has 3 aromatic rings. The summed E-state index contributed by atoms with van der Waals surface area (Å²) in [5, 5.41) is 8.07. The van der Waals surface area contributed by atoms with E-state index >= 15 is 0 Å². The Kier molecular flexibility index (Phi) is 4.39. The molecule has 0 spiro atoms. The first kappa shape index (κ1) is 17.3. The lowest BCUT2D eigenvalue weighted by Crippen LogP contribution is -2.27. The Hall–Kier alpha value is -3.16. The second-order valence-corrected chi connectivity index (χ2v) is 7.06. The first-order chi connectivity index (χ1) is 13.0. The van der Waals surface area contributed by atoms with Gasteiger partial charge in [-0.3, -0.25) is 9.59 Å². The van der Waals surface area contributed by atoms with E-state index in [0.29, 0.717) is 24.5 Å². The summed E-state index contributed by atoms with van der Waals surface area (Å²) in [4.78, 5) is 30.9. The van der Waals surface area contributed by atoms with Crippen LogP contribution in [0, 0.1) is 5.92 Å². The zero-order valence-corrected chi connectivity index (χ0v) is 15.3. The van der Waals surface area contributed by atoms with Crippen molar-refractivity contribution in [3.05, 3.63) is 42.6 Å². The molecule has 1 aliphatic rings. The molecule has 4 heterocycles. The van der Waals surface area contributed by atoms with Gasteiger partial charge in [-0.2, -0.15) is 5.10 Å². The molecular weight excluding hydrogens is 346 g/mol. The number of pyridine rings is 1. The lowest BCUT2D eigenvalue weighted by atomic mass is 10.1. The van der Waals surface area contributed by atoms with Gasteiger partial charge in [0.1, 0.15) is 5.76 Å². The fraction of sp³-hybridized carbons (Fsp3) is 0.368. The summed E-state index contributed by atoms with van der Waals surface area (Å²) in [6, 6.07) is 5.66. The molecule has 0 unspecified atom stereocenters. The van der Waals surface area contributed by atoms with Crippen molar-refractivity contribution >= 4 is 28.5 Å². The number of anilines is 1. The third kappa shape index (κ3) is 3.42. The third-order valence-corrected chi connectivity index (χ3v) is 4.70. The first-order valence-corrected chi connectivity index (χ1v) is 8.95. The number of carbonyl (C=O) groups is 2. The minimum Gasteiger partial charge on any atom is -0.467 e. The summed E-state index contributed by atoms with van der Waals surface area (Å²) in [5.41, 5.74) is 1.39. The van der Waals surface area contributed by atoms with Crippen molar-refractivity contribution in [3.63, 3.8) is 0 Å². The Morgan fingerprint density at radius 3 is 3.00 bits per heavy atom. The molecule has 3 aromatic heterocycles. The van der Waals surface area contributed by atoms with Gasteiger partial charge < -0.3 is 14.6 Å². The quantitative estimate of drug-likeness (QED) is 0.748. The highest BCUT2D eigenvalue weighted by Gasteiger charge is 2.34. The van der Waals surface area contributed by atoms with Crippen LogP contribution < -0.4 is 5.32 Å². The van der Waals surface area contributed by atoms with E-state index in [2.05, 4.69) is 15.4 Å². The van der Waals surface area contributed by atoms with Gasteiger partial charge >= 0.3 is 0 Å². The highest BCUT2D eigenvalue weighted by Crippen LogP contribution is 2.23. The zero-order chi connectivity index (χ0) is 19.0. The molecule has 0 saturated carbocycles. The summed E-state index contributed by atoms with van der Waals surface area (Å²) < 4.78 is 7.12. The Morgan fingerprint density at radius 2 is 2.26 bits per heavy atom. The predicted octanol–water partition coefficient (Wildman–Crippen LogP) is 2.59. The van der Waals surface area contributed by atoms with Crippen LogP contribution >= 0.6 is 0 Å². The van der Waals surface area contributed by atoms with Gasteiger partial charge in [0.2, 0.25) is 11.8 Å². The number of rotatable bonds is 5. The normalized spacial score (nSPS) is 17.2. The van der Waals surface area contributed by atoms with E-state index in [1.54, 1.807) is 29.6 Å². The van der Waals surface area contributed by atoms with Crippen molar-refractivity contribution in [2.75, 3.05) is 11.9 Å². The molecule has 8 heteroatoms. The standard InChI is InChI=1S/C19H21N5O3/c1-12(2)24-18-13(8-21-24)6-15(9-20-18)22-19(26)14-7-17(25)23(10-14)11-16-4-3-5-27-16/h3-6,8-9,12,14H,7,10-11H2,1-2H3,(H,22,26)/t14-/m1/s1. The van der Waals surface area contributed by atoms with Gasteiger partial charge in [-0.25, -0.2) is 9.67 Å². The number of hydrogen-bond acceptors (Lipinski definition) is 5. The highest BCUT2D eigenvalue weighted by molar-refractivity contribution is 5.98. The van der Waals surface area contributed by atoms with Crippen molar-refractivity contribution in [3.8, 4) is 0 Å². The second kappa shape index (κ2) is 6.86. The summed E-state index contributed by atoms with van der Waals surface area (Å²) in [6.07, 6.45) is 5.14. The third-order valence-electron chi connectivity index (χ3n) is 4.70. The number of hydrogen-bond donors (Lipinski definition) is 1. The summed E-state index contributed by atoms with van der Waals surface area (Å²) in [5.74, 6) is 0.101. The minimum absolute atomic E-state index is 0.0432. The van der Waals surface area contributed by atoms with Crippen LogP contribution in [0.15, 0.2) is 41.3 Å². The fourth-order valence-corrected chi connectivity index (χ4v) is 3.32. The van der Waals surface area contributed by atoms with E-state index in [-0.39, 0.29) is 30.2 Å². The minimum atomic E-state index is -0.387. The van der Waals surface area contributed by atoms with Crippen LogP contribution in [0.2, 0.25) is 0 Å². The lowest BCUT2D eigenvalue weighted by Gasteiger charge is -2.15. The molecule has 1 saturated heterocycles. The molecule has 1 fully saturated rings. The number of carbonyl (C=O) groups excluding carboxylic acids is 2. The average molecular weight is 367 g/mol. The monoisotopic (exact) mass is 367 g/mol. The van der Waals surface area contributed by atoms with Gasteiger partial charge in [0, 0.05) is 24.4 Å². The zero-order valence-electron chi connectivity index (χ0n) is 15.3. The van der Waals surface area contributed by atoms with Crippen LogP contribution in [0.25, 0.3) is 11.0 Å². The second-order valence-electron chi connectivity index (χ2n) is 7.06. The maximum atomic E-state index is 12.6. The van der Waals surface area contributed by atoms with E-state index in [0.717, 1.165) is 11.0 Å². The Bertz CT molecular complexity index is 977. The number of likely N-dealkylation sites (tertiary alicyclic amines) is 1. The Labute approximate surface area is 156 Å².